The number of halogens is 1. The summed E-state index contributed by atoms with van der Waals surface area (Å²) in [6.07, 6.45) is 2.30. The van der Waals surface area contributed by atoms with E-state index in [1.807, 2.05) is 12.1 Å². The average Bonchev–Trinajstić information content (AvgIpc) is 3.25. The average molecular weight is 546 g/mol. The van der Waals surface area contributed by atoms with E-state index in [1.165, 1.54) is 12.1 Å². The largest absolute Gasteiger partial charge is 0.497 e. The van der Waals surface area contributed by atoms with Gasteiger partial charge in [0, 0.05) is 77.6 Å². The molecule has 2 fully saturated rings. The molecular formula is C23H40IN5O2. The van der Waals surface area contributed by atoms with Crippen molar-refractivity contribution in [3.63, 3.8) is 0 Å². The van der Waals surface area contributed by atoms with Gasteiger partial charge in [0.15, 0.2) is 5.96 Å². The van der Waals surface area contributed by atoms with Crippen molar-refractivity contribution in [2.75, 3.05) is 84.6 Å². The second kappa shape index (κ2) is 14.0. The Balaban J connectivity index is 0.00000341. The summed E-state index contributed by atoms with van der Waals surface area (Å²) in [5.41, 5.74) is 1.28. The van der Waals surface area contributed by atoms with Crippen molar-refractivity contribution in [3.05, 3.63) is 24.3 Å². The first-order chi connectivity index (χ1) is 14.7. The maximum Gasteiger partial charge on any atom is 0.193 e. The van der Waals surface area contributed by atoms with Crippen LogP contribution < -0.4 is 15.0 Å². The molecule has 0 aromatic heterocycles. The van der Waals surface area contributed by atoms with Crippen molar-refractivity contribution in [1.29, 1.82) is 0 Å². The van der Waals surface area contributed by atoms with Crippen LogP contribution in [0.2, 0.25) is 0 Å². The lowest BCUT2D eigenvalue weighted by Crippen LogP contribution is -2.46. The molecule has 3 rings (SSSR count). The molecule has 0 saturated carbocycles. The summed E-state index contributed by atoms with van der Waals surface area (Å²) < 4.78 is 10.6. The number of aliphatic imine (C=N–C) groups is 1. The Kier molecular flexibility index (Phi) is 11.7. The molecule has 1 aromatic rings. The number of rotatable bonds is 9. The number of hydrogen-bond acceptors (Lipinski definition) is 5. The van der Waals surface area contributed by atoms with Crippen LogP contribution in [-0.2, 0) is 4.74 Å². The highest BCUT2D eigenvalue weighted by atomic mass is 127. The molecule has 2 saturated heterocycles. The van der Waals surface area contributed by atoms with Gasteiger partial charge < -0.3 is 24.6 Å². The molecule has 8 heteroatoms. The van der Waals surface area contributed by atoms with E-state index < -0.39 is 0 Å². The molecule has 1 atom stereocenters. The van der Waals surface area contributed by atoms with E-state index in [2.05, 4.69) is 39.1 Å². The molecule has 31 heavy (non-hydrogen) atoms. The molecule has 1 aromatic carbocycles. The predicted octanol–water partition coefficient (Wildman–Crippen LogP) is 2.76. The molecular weight excluding hydrogens is 505 g/mol. The van der Waals surface area contributed by atoms with E-state index in [4.69, 9.17) is 14.5 Å². The highest BCUT2D eigenvalue weighted by molar-refractivity contribution is 14.0. The maximum absolute atomic E-state index is 5.32. The summed E-state index contributed by atoms with van der Waals surface area (Å²) in [5, 5.41) is 3.46. The quantitative estimate of drug-likeness (QED) is 0.223. The number of likely N-dealkylation sites (tertiary alicyclic amines) is 1. The first kappa shape index (κ1) is 26.0. The van der Waals surface area contributed by atoms with E-state index in [0.717, 1.165) is 83.6 Å². The predicted molar refractivity (Wildman–Crippen MR) is 139 cm³/mol. The highest BCUT2D eigenvalue weighted by Crippen LogP contribution is 2.20. The lowest BCUT2D eigenvalue weighted by atomic mass is 10.1. The van der Waals surface area contributed by atoms with Crippen molar-refractivity contribution < 1.29 is 9.47 Å². The molecule has 7 nitrogen and oxygen atoms in total. The van der Waals surface area contributed by atoms with Crippen LogP contribution in [0.15, 0.2) is 29.3 Å². The maximum atomic E-state index is 5.32. The van der Waals surface area contributed by atoms with Crippen LogP contribution in [0, 0.1) is 5.92 Å². The zero-order chi connectivity index (χ0) is 21.2. The van der Waals surface area contributed by atoms with Gasteiger partial charge in [0.25, 0.3) is 0 Å². The molecule has 0 aliphatic carbocycles. The van der Waals surface area contributed by atoms with Gasteiger partial charge in [0.1, 0.15) is 5.75 Å². The van der Waals surface area contributed by atoms with Gasteiger partial charge in [-0.2, -0.15) is 0 Å². The molecule has 0 spiro atoms. The van der Waals surface area contributed by atoms with Crippen LogP contribution in [-0.4, -0.2) is 95.5 Å². The molecule has 1 unspecified atom stereocenters. The van der Waals surface area contributed by atoms with Gasteiger partial charge in [-0.1, -0.05) is 0 Å². The Labute approximate surface area is 205 Å². The summed E-state index contributed by atoms with van der Waals surface area (Å²) in [6.45, 7) is 12.4. The van der Waals surface area contributed by atoms with Crippen LogP contribution in [0.1, 0.15) is 19.8 Å². The molecule has 2 aliphatic rings. The van der Waals surface area contributed by atoms with Crippen molar-refractivity contribution in [2.45, 2.75) is 19.8 Å². The minimum Gasteiger partial charge on any atom is -0.497 e. The molecule has 1 N–H and O–H groups in total. The molecule has 0 radical (unpaired) electrons. The van der Waals surface area contributed by atoms with Crippen LogP contribution in [0.5, 0.6) is 5.75 Å². The normalized spacial score (nSPS) is 20.0. The molecule has 176 valence electrons. The lowest BCUT2D eigenvalue weighted by Gasteiger charge is -2.36. The van der Waals surface area contributed by atoms with Gasteiger partial charge in [-0.15, -0.1) is 24.0 Å². The van der Waals surface area contributed by atoms with Gasteiger partial charge in [-0.05, 0) is 44.0 Å². The van der Waals surface area contributed by atoms with Crippen molar-refractivity contribution in [3.8, 4) is 5.75 Å². The molecule has 2 aliphatic heterocycles. The fourth-order valence-electron chi connectivity index (χ4n) is 4.32. The van der Waals surface area contributed by atoms with Crippen LogP contribution >= 0.6 is 24.0 Å². The number of guanidine groups is 1. The Bertz CT molecular complexity index is 650. The van der Waals surface area contributed by atoms with Crippen LogP contribution in [0.4, 0.5) is 5.69 Å². The summed E-state index contributed by atoms with van der Waals surface area (Å²) >= 11 is 0. The second-order valence-electron chi connectivity index (χ2n) is 8.17. The number of ether oxygens (including phenoxy) is 2. The van der Waals surface area contributed by atoms with E-state index in [0.29, 0.717) is 5.92 Å². The number of methoxy groups -OCH3 is 2. The highest BCUT2D eigenvalue weighted by Gasteiger charge is 2.24. The Hall–Kier alpha value is -1.26. The SMILES string of the molecule is CCNC(=NCCCN1CCN(c2ccc(OC)cc2)CC1)N1CCC(COC)C1.I. The number of benzene rings is 1. The summed E-state index contributed by atoms with van der Waals surface area (Å²) in [4.78, 5) is 12.3. The molecule has 0 amide bonds. The van der Waals surface area contributed by atoms with E-state index in [-0.39, 0.29) is 24.0 Å². The zero-order valence-corrected chi connectivity index (χ0v) is 21.7. The van der Waals surface area contributed by atoms with Gasteiger partial charge in [-0.25, -0.2) is 0 Å². The summed E-state index contributed by atoms with van der Waals surface area (Å²) in [6, 6.07) is 8.39. The number of nitrogens with one attached hydrogen (secondary N) is 1. The third kappa shape index (κ3) is 7.98. The Morgan fingerprint density at radius 2 is 1.84 bits per heavy atom. The minimum absolute atomic E-state index is 0. The van der Waals surface area contributed by atoms with Crippen molar-refractivity contribution in [1.82, 2.24) is 15.1 Å². The van der Waals surface area contributed by atoms with Gasteiger partial charge >= 0.3 is 0 Å². The molecule has 0 bridgehead atoms. The Morgan fingerprint density at radius 1 is 1.10 bits per heavy atom. The first-order valence-electron chi connectivity index (χ1n) is 11.4. The van der Waals surface area contributed by atoms with Crippen LogP contribution in [0.3, 0.4) is 0 Å². The molecule has 2 heterocycles. The summed E-state index contributed by atoms with van der Waals surface area (Å²) in [5.74, 6) is 2.61. The fourth-order valence-corrected chi connectivity index (χ4v) is 4.32. The van der Waals surface area contributed by atoms with Gasteiger partial charge in [0.05, 0.1) is 13.7 Å². The smallest absolute Gasteiger partial charge is 0.193 e. The minimum atomic E-state index is 0. The third-order valence-corrected chi connectivity index (χ3v) is 6.03. The lowest BCUT2D eigenvalue weighted by molar-refractivity contribution is 0.157. The van der Waals surface area contributed by atoms with Gasteiger partial charge in [-0.3, -0.25) is 9.89 Å². The zero-order valence-electron chi connectivity index (χ0n) is 19.4. The number of nitrogens with zero attached hydrogens (tertiary/aromatic N) is 4. The monoisotopic (exact) mass is 545 g/mol. The third-order valence-electron chi connectivity index (χ3n) is 6.03. The van der Waals surface area contributed by atoms with E-state index in [9.17, 15) is 0 Å². The van der Waals surface area contributed by atoms with E-state index >= 15 is 0 Å². The van der Waals surface area contributed by atoms with Crippen LogP contribution in [0.25, 0.3) is 0 Å². The topological polar surface area (TPSA) is 52.6 Å². The van der Waals surface area contributed by atoms with E-state index in [1.54, 1.807) is 14.2 Å². The first-order valence-corrected chi connectivity index (χ1v) is 11.4. The number of piperazine rings is 1. The standard InChI is InChI=1S/C23H39N5O2.HI/c1-4-24-23(28-13-10-20(18-28)19-29-2)25-11-5-12-26-14-16-27(17-15-26)21-6-8-22(30-3)9-7-21;/h6-9,20H,4-5,10-19H2,1-3H3,(H,24,25);1H. The second-order valence-corrected chi connectivity index (χ2v) is 8.17. The number of hydrogen-bond donors (Lipinski definition) is 1. The number of anilines is 1. The fraction of sp³-hybridized carbons (Fsp3) is 0.696. The summed E-state index contributed by atoms with van der Waals surface area (Å²) in [7, 11) is 3.50. The van der Waals surface area contributed by atoms with Gasteiger partial charge in [0.2, 0.25) is 0 Å². The van der Waals surface area contributed by atoms with Crippen molar-refractivity contribution in [2.24, 2.45) is 10.9 Å². The Morgan fingerprint density at radius 3 is 2.48 bits per heavy atom. The van der Waals surface area contributed by atoms with Crippen molar-refractivity contribution >= 4 is 35.6 Å².